The van der Waals surface area contributed by atoms with E-state index >= 15 is 0 Å². The van der Waals surface area contributed by atoms with Gasteiger partial charge in [-0.1, -0.05) is 13.3 Å². The highest BCUT2D eigenvalue weighted by Gasteiger charge is 2.21. The smallest absolute Gasteiger partial charge is 0.255 e. The van der Waals surface area contributed by atoms with Crippen LogP contribution in [0.25, 0.3) is 0 Å². The van der Waals surface area contributed by atoms with Gasteiger partial charge in [0.2, 0.25) is 0 Å². The zero-order valence-corrected chi connectivity index (χ0v) is 17.1. The number of aryl methyl sites for hydroxylation is 1. The summed E-state index contributed by atoms with van der Waals surface area (Å²) < 4.78 is 5.66. The Hall–Kier alpha value is -2.53. The molecule has 1 aliphatic rings. The predicted molar refractivity (Wildman–Crippen MR) is 116 cm³/mol. The zero-order chi connectivity index (χ0) is 19.9. The molecule has 0 aliphatic carbocycles. The van der Waals surface area contributed by atoms with Gasteiger partial charge in [0.05, 0.1) is 6.61 Å². The van der Waals surface area contributed by atoms with E-state index in [2.05, 4.69) is 34.6 Å². The first-order chi connectivity index (χ1) is 13.6. The minimum absolute atomic E-state index is 0.104. The number of carbonyl (C=O) groups excluding carboxylic acids is 1. The third-order valence-corrected chi connectivity index (χ3v) is 5.30. The second-order valence-electron chi connectivity index (χ2n) is 7.40. The molecular formula is C23H31N3O2. The minimum Gasteiger partial charge on any atom is -0.494 e. The van der Waals surface area contributed by atoms with Crippen LogP contribution in [0.4, 0.5) is 11.4 Å². The molecular weight excluding hydrogens is 350 g/mol. The number of benzene rings is 2. The fourth-order valence-corrected chi connectivity index (χ4v) is 3.45. The Morgan fingerprint density at radius 2 is 2.00 bits per heavy atom. The number of nitrogens with zero attached hydrogens (tertiary/aromatic N) is 1. The highest BCUT2D eigenvalue weighted by molar-refractivity contribution is 6.04. The van der Waals surface area contributed by atoms with Crippen molar-refractivity contribution in [2.45, 2.75) is 39.2 Å². The molecule has 0 bridgehead atoms. The molecule has 0 aromatic heterocycles. The molecule has 1 heterocycles. The largest absolute Gasteiger partial charge is 0.494 e. The molecule has 2 aromatic carbocycles. The Morgan fingerprint density at radius 3 is 2.64 bits per heavy atom. The van der Waals surface area contributed by atoms with Crippen LogP contribution in [-0.4, -0.2) is 38.7 Å². The molecule has 5 heteroatoms. The van der Waals surface area contributed by atoms with E-state index in [0.717, 1.165) is 49.4 Å². The van der Waals surface area contributed by atoms with Crippen LogP contribution in [-0.2, 0) is 0 Å². The number of nitrogens with one attached hydrogen (secondary N) is 2. The van der Waals surface area contributed by atoms with Gasteiger partial charge in [-0.2, -0.15) is 0 Å². The quantitative estimate of drug-likeness (QED) is 0.672. The molecule has 1 amide bonds. The van der Waals surface area contributed by atoms with E-state index in [4.69, 9.17) is 4.74 Å². The third-order valence-electron chi connectivity index (χ3n) is 5.30. The molecule has 2 N–H and O–H groups in total. The van der Waals surface area contributed by atoms with Crippen molar-refractivity contribution in [3.05, 3.63) is 53.6 Å². The summed E-state index contributed by atoms with van der Waals surface area (Å²) in [5, 5.41) is 6.37. The standard InChI is InChI=1S/C23H31N3O2/c1-4-5-14-28-21-9-6-18(7-10-21)23(27)25-22-11-8-20(15-17(22)2)26-13-12-19(16-26)24-3/h6-11,15,19,24H,4-5,12-14,16H2,1-3H3,(H,25,27). The number of hydrogen-bond donors (Lipinski definition) is 2. The first-order valence-electron chi connectivity index (χ1n) is 10.2. The summed E-state index contributed by atoms with van der Waals surface area (Å²) in [6.45, 7) is 6.96. The lowest BCUT2D eigenvalue weighted by Gasteiger charge is -2.20. The first-order valence-corrected chi connectivity index (χ1v) is 10.2. The fraction of sp³-hybridized carbons (Fsp3) is 0.435. The van der Waals surface area contributed by atoms with Crippen molar-refractivity contribution in [3.8, 4) is 5.75 Å². The van der Waals surface area contributed by atoms with E-state index in [0.29, 0.717) is 18.2 Å². The van der Waals surface area contributed by atoms with Gasteiger partial charge in [-0.05, 0) is 74.8 Å². The predicted octanol–water partition coefficient (Wildman–Crippen LogP) is 4.22. The van der Waals surface area contributed by atoms with E-state index in [1.165, 1.54) is 5.69 Å². The molecule has 0 spiro atoms. The van der Waals surface area contributed by atoms with Gasteiger partial charge in [0, 0.05) is 36.1 Å². The van der Waals surface area contributed by atoms with E-state index in [1.807, 2.05) is 44.3 Å². The highest BCUT2D eigenvalue weighted by Crippen LogP contribution is 2.26. The second-order valence-corrected chi connectivity index (χ2v) is 7.40. The van der Waals surface area contributed by atoms with E-state index < -0.39 is 0 Å². The monoisotopic (exact) mass is 381 g/mol. The van der Waals surface area contributed by atoms with E-state index in [9.17, 15) is 4.79 Å². The molecule has 1 unspecified atom stereocenters. The van der Waals surface area contributed by atoms with Crippen LogP contribution in [0.3, 0.4) is 0 Å². The molecule has 2 aromatic rings. The summed E-state index contributed by atoms with van der Waals surface area (Å²) in [6, 6.07) is 14.1. The normalized spacial score (nSPS) is 16.2. The van der Waals surface area contributed by atoms with Crippen LogP contribution in [0, 0.1) is 6.92 Å². The topological polar surface area (TPSA) is 53.6 Å². The molecule has 1 saturated heterocycles. The Kier molecular flexibility index (Phi) is 6.93. The molecule has 28 heavy (non-hydrogen) atoms. The summed E-state index contributed by atoms with van der Waals surface area (Å²) in [5.74, 6) is 0.698. The first kappa shape index (κ1) is 20.2. The number of unbranched alkanes of at least 4 members (excludes halogenated alkanes) is 1. The van der Waals surface area contributed by atoms with E-state index in [-0.39, 0.29) is 5.91 Å². The molecule has 1 fully saturated rings. The number of likely N-dealkylation sites (N-methyl/N-ethyl adjacent to an activating group) is 1. The average molecular weight is 382 g/mol. The van der Waals surface area contributed by atoms with E-state index in [1.54, 1.807) is 0 Å². The van der Waals surface area contributed by atoms with Crippen LogP contribution < -0.4 is 20.3 Å². The fourth-order valence-electron chi connectivity index (χ4n) is 3.45. The lowest BCUT2D eigenvalue weighted by atomic mass is 10.1. The Labute approximate surface area is 168 Å². The lowest BCUT2D eigenvalue weighted by molar-refractivity contribution is 0.102. The average Bonchev–Trinajstić information content (AvgIpc) is 3.19. The van der Waals surface area contributed by atoms with Crippen molar-refractivity contribution in [3.63, 3.8) is 0 Å². The molecule has 5 nitrogen and oxygen atoms in total. The van der Waals surface area contributed by atoms with Crippen LogP contribution in [0.15, 0.2) is 42.5 Å². The third kappa shape index (κ3) is 5.04. The van der Waals surface area contributed by atoms with Crippen molar-refractivity contribution in [2.24, 2.45) is 0 Å². The summed E-state index contributed by atoms with van der Waals surface area (Å²) in [5.41, 5.74) is 3.75. The van der Waals surface area contributed by atoms with Crippen molar-refractivity contribution < 1.29 is 9.53 Å². The Morgan fingerprint density at radius 1 is 1.21 bits per heavy atom. The lowest BCUT2D eigenvalue weighted by Crippen LogP contribution is -2.29. The maximum atomic E-state index is 12.6. The van der Waals surface area contributed by atoms with Gasteiger partial charge in [0.25, 0.3) is 5.91 Å². The van der Waals surface area contributed by atoms with Crippen LogP contribution in [0.5, 0.6) is 5.75 Å². The molecule has 0 saturated carbocycles. The van der Waals surface area contributed by atoms with Gasteiger partial charge >= 0.3 is 0 Å². The number of amides is 1. The van der Waals surface area contributed by atoms with Gasteiger partial charge in [-0.15, -0.1) is 0 Å². The zero-order valence-electron chi connectivity index (χ0n) is 17.1. The number of hydrogen-bond acceptors (Lipinski definition) is 4. The van der Waals surface area contributed by atoms with Gasteiger partial charge in [0.1, 0.15) is 5.75 Å². The Balaban J connectivity index is 1.61. The molecule has 0 radical (unpaired) electrons. The summed E-state index contributed by atoms with van der Waals surface area (Å²) >= 11 is 0. The summed E-state index contributed by atoms with van der Waals surface area (Å²) in [4.78, 5) is 15.0. The van der Waals surface area contributed by atoms with Crippen LogP contribution in [0.2, 0.25) is 0 Å². The summed E-state index contributed by atoms with van der Waals surface area (Å²) in [7, 11) is 2.02. The number of ether oxygens (including phenoxy) is 1. The molecule has 1 atom stereocenters. The van der Waals surface area contributed by atoms with Crippen molar-refractivity contribution >= 4 is 17.3 Å². The van der Waals surface area contributed by atoms with Gasteiger partial charge < -0.3 is 20.3 Å². The maximum Gasteiger partial charge on any atom is 0.255 e. The number of anilines is 2. The molecule has 150 valence electrons. The van der Waals surface area contributed by atoms with Gasteiger partial charge in [-0.3, -0.25) is 4.79 Å². The Bertz CT molecular complexity index is 789. The van der Waals surface area contributed by atoms with Crippen molar-refractivity contribution in [1.82, 2.24) is 5.32 Å². The second kappa shape index (κ2) is 9.60. The molecule has 1 aliphatic heterocycles. The van der Waals surface area contributed by atoms with Crippen LogP contribution >= 0.6 is 0 Å². The van der Waals surface area contributed by atoms with Crippen molar-refractivity contribution in [2.75, 3.05) is 37.0 Å². The minimum atomic E-state index is -0.104. The maximum absolute atomic E-state index is 12.6. The SMILES string of the molecule is CCCCOc1ccc(C(=O)Nc2ccc(N3CCC(NC)C3)cc2C)cc1. The van der Waals surface area contributed by atoms with Crippen LogP contribution in [0.1, 0.15) is 42.1 Å². The number of rotatable bonds is 8. The van der Waals surface area contributed by atoms with Gasteiger partial charge in [0.15, 0.2) is 0 Å². The highest BCUT2D eigenvalue weighted by atomic mass is 16.5. The number of carbonyl (C=O) groups is 1. The molecule has 3 rings (SSSR count). The van der Waals surface area contributed by atoms with Crippen molar-refractivity contribution in [1.29, 1.82) is 0 Å². The van der Waals surface area contributed by atoms with Gasteiger partial charge in [-0.25, -0.2) is 0 Å². The summed E-state index contributed by atoms with van der Waals surface area (Å²) in [6.07, 6.45) is 3.29.